The summed E-state index contributed by atoms with van der Waals surface area (Å²) in [7, 11) is 5.77. The molecule has 4 nitrogen and oxygen atoms in total. The smallest absolute Gasteiger partial charge is 0.121 e. The first kappa shape index (κ1) is 12.1. The quantitative estimate of drug-likeness (QED) is 0.843. The lowest BCUT2D eigenvalue weighted by molar-refractivity contribution is 0.415. The van der Waals surface area contributed by atoms with Crippen molar-refractivity contribution >= 4 is 5.69 Å². The Balaban J connectivity index is 2.01. The number of aromatic nitrogens is 2. The lowest BCUT2D eigenvalue weighted by atomic mass is 10.2. The molecular formula is C15H19N3O. The molecule has 4 heteroatoms. The van der Waals surface area contributed by atoms with Gasteiger partial charge in [0.1, 0.15) is 5.75 Å². The van der Waals surface area contributed by atoms with Crippen LogP contribution < -0.4 is 9.64 Å². The molecule has 3 rings (SSSR count). The van der Waals surface area contributed by atoms with Crippen LogP contribution in [0.4, 0.5) is 5.69 Å². The molecule has 0 saturated heterocycles. The number of nitrogens with zero attached hydrogens (tertiary/aromatic N) is 3. The number of ether oxygens (including phenoxy) is 1. The molecule has 1 aromatic heterocycles. The SMILES string of the molecule is COc1ccc(-n2cnc(C3CC3)c2)c(N(C)C)c1. The van der Waals surface area contributed by atoms with Gasteiger partial charge < -0.3 is 14.2 Å². The third-order valence-electron chi connectivity index (χ3n) is 3.54. The summed E-state index contributed by atoms with van der Waals surface area (Å²) < 4.78 is 7.40. The van der Waals surface area contributed by atoms with E-state index in [0.717, 1.165) is 17.1 Å². The Kier molecular flexibility index (Phi) is 2.93. The summed E-state index contributed by atoms with van der Waals surface area (Å²) in [6.07, 6.45) is 6.61. The van der Waals surface area contributed by atoms with Crippen LogP contribution in [-0.4, -0.2) is 30.8 Å². The van der Waals surface area contributed by atoms with Crippen LogP contribution in [-0.2, 0) is 0 Å². The van der Waals surface area contributed by atoms with Crippen molar-refractivity contribution in [1.29, 1.82) is 0 Å². The molecule has 1 fully saturated rings. The van der Waals surface area contributed by atoms with Gasteiger partial charge in [0.05, 0.1) is 30.5 Å². The molecule has 1 aliphatic carbocycles. The number of hydrogen-bond donors (Lipinski definition) is 0. The molecule has 0 spiro atoms. The van der Waals surface area contributed by atoms with Crippen molar-refractivity contribution in [1.82, 2.24) is 9.55 Å². The Morgan fingerprint density at radius 3 is 2.74 bits per heavy atom. The van der Waals surface area contributed by atoms with Gasteiger partial charge in [-0.1, -0.05) is 0 Å². The van der Waals surface area contributed by atoms with Crippen LogP contribution >= 0.6 is 0 Å². The average Bonchev–Trinajstić information content (AvgIpc) is 3.16. The predicted molar refractivity (Wildman–Crippen MR) is 76.4 cm³/mol. The predicted octanol–water partition coefficient (Wildman–Crippen LogP) is 2.82. The van der Waals surface area contributed by atoms with Gasteiger partial charge in [0.15, 0.2) is 0 Å². The van der Waals surface area contributed by atoms with Gasteiger partial charge in [-0.25, -0.2) is 4.98 Å². The van der Waals surface area contributed by atoms with Crippen molar-refractivity contribution in [2.24, 2.45) is 0 Å². The monoisotopic (exact) mass is 257 g/mol. The number of anilines is 1. The number of rotatable bonds is 4. The van der Waals surface area contributed by atoms with Crippen molar-refractivity contribution in [3.8, 4) is 11.4 Å². The van der Waals surface area contributed by atoms with Crippen molar-refractivity contribution < 1.29 is 4.74 Å². The second-order valence-electron chi connectivity index (χ2n) is 5.23. The van der Waals surface area contributed by atoms with Gasteiger partial charge in [-0.15, -0.1) is 0 Å². The van der Waals surface area contributed by atoms with Gasteiger partial charge in [-0.05, 0) is 25.0 Å². The first-order valence-corrected chi connectivity index (χ1v) is 6.58. The molecule has 100 valence electrons. The summed E-state index contributed by atoms with van der Waals surface area (Å²) in [4.78, 5) is 6.60. The van der Waals surface area contributed by atoms with E-state index < -0.39 is 0 Å². The molecule has 0 unspecified atom stereocenters. The van der Waals surface area contributed by atoms with Crippen LogP contribution in [0.2, 0.25) is 0 Å². The lowest BCUT2D eigenvalue weighted by Gasteiger charge is -2.18. The van der Waals surface area contributed by atoms with E-state index in [0.29, 0.717) is 5.92 Å². The van der Waals surface area contributed by atoms with Crippen molar-refractivity contribution in [2.75, 3.05) is 26.1 Å². The first-order chi connectivity index (χ1) is 9.19. The summed E-state index contributed by atoms with van der Waals surface area (Å²) >= 11 is 0. The van der Waals surface area contributed by atoms with Gasteiger partial charge in [0.2, 0.25) is 0 Å². The van der Waals surface area contributed by atoms with E-state index in [2.05, 4.69) is 26.7 Å². The van der Waals surface area contributed by atoms with Crippen LogP contribution in [0.5, 0.6) is 5.75 Å². The number of benzene rings is 1. The highest BCUT2D eigenvalue weighted by molar-refractivity contribution is 5.65. The van der Waals surface area contributed by atoms with E-state index in [1.807, 2.05) is 32.6 Å². The minimum atomic E-state index is 0.683. The maximum Gasteiger partial charge on any atom is 0.121 e. The molecule has 0 amide bonds. The van der Waals surface area contributed by atoms with Crippen LogP contribution in [0.3, 0.4) is 0 Å². The Morgan fingerprint density at radius 2 is 2.11 bits per heavy atom. The molecule has 2 aromatic rings. The van der Waals surface area contributed by atoms with Crippen molar-refractivity contribution in [3.05, 3.63) is 36.4 Å². The molecule has 0 radical (unpaired) electrons. The molecule has 1 heterocycles. The minimum absolute atomic E-state index is 0.683. The zero-order chi connectivity index (χ0) is 13.4. The fourth-order valence-electron chi connectivity index (χ4n) is 2.27. The summed E-state index contributed by atoms with van der Waals surface area (Å²) in [5.41, 5.74) is 3.46. The van der Waals surface area contributed by atoms with Crippen LogP contribution in [0.15, 0.2) is 30.7 Å². The molecule has 1 saturated carbocycles. The van der Waals surface area contributed by atoms with E-state index in [1.54, 1.807) is 7.11 Å². The van der Waals surface area contributed by atoms with Crippen LogP contribution in [0.25, 0.3) is 5.69 Å². The molecule has 0 atom stereocenters. The van der Waals surface area contributed by atoms with Crippen LogP contribution in [0, 0.1) is 0 Å². The summed E-state index contributed by atoms with van der Waals surface area (Å²) in [5.74, 6) is 1.55. The molecule has 1 aliphatic rings. The molecule has 1 aromatic carbocycles. The maximum atomic E-state index is 5.30. The minimum Gasteiger partial charge on any atom is -0.497 e. The van der Waals surface area contributed by atoms with Gasteiger partial charge in [-0.3, -0.25) is 0 Å². The van der Waals surface area contributed by atoms with Gasteiger partial charge in [0.25, 0.3) is 0 Å². The van der Waals surface area contributed by atoms with E-state index in [9.17, 15) is 0 Å². The van der Waals surface area contributed by atoms with E-state index in [1.165, 1.54) is 18.5 Å². The van der Waals surface area contributed by atoms with E-state index in [4.69, 9.17) is 4.74 Å². The second-order valence-corrected chi connectivity index (χ2v) is 5.23. The van der Waals surface area contributed by atoms with Gasteiger partial charge >= 0.3 is 0 Å². The standard InChI is InChI=1S/C15H19N3O/c1-17(2)15-8-12(19-3)6-7-14(15)18-9-13(16-10-18)11-4-5-11/h6-11H,4-5H2,1-3H3. The molecule has 0 bridgehead atoms. The Labute approximate surface area is 113 Å². The van der Waals surface area contributed by atoms with Crippen LogP contribution in [0.1, 0.15) is 24.5 Å². The normalized spacial score (nSPS) is 14.5. The third kappa shape index (κ3) is 2.30. The van der Waals surface area contributed by atoms with Crippen molar-refractivity contribution in [2.45, 2.75) is 18.8 Å². The highest BCUT2D eigenvalue weighted by Gasteiger charge is 2.26. The summed E-state index contributed by atoms with van der Waals surface area (Å²) in [5, 5.41) is 0. The number of hydrogen-bond acceptors (Lipinski definition) is 3. The second kappa shape index (κ2) is 4.61. The molecule has 0 aliphatic heterocycles. The molecule has 19 heavy (non-hydrogen) atoms. The third-order valence-corrected chi connectivity index (χ3v) is 3.54. The lowest BCUT2D eigenvalue weighted by Crippen LogP contribution is -2.12. The topological polar surface area (TPSA) is 30.3 Å². The zero-order valence-electron chi connectivity index (χ0n) is 11.6. The average molecular weight is 257 g/mol. The largest absolute Gasteiger partial charge is 0.497 e. The number of methoxy groups -OCH3 is 1. The van der Waals surface area contributed by atoms with Crippen molar-refractivity contribution in [3.63, 3.8) is 0 Å². The molecule has 0 N–H and O–H groups in total. The van der Waals surface area contributed by atoms with Gasteiger partial charge in [-0.2, -0.15) is 0 Å². The summed E-state index contributed by atoms with van der Waals surface area (Å²) in [6.45, 7) is 0. The fourth-order valence-corrected chi connectivity index (χ4v) is 2.27. The van der Waals surface area contributed by atoms with E-state index in [-0.39, 0.29) is 0 Å². The Morgan fingerprint density at radius 1 is 1.32 bits per heavy atom. The van der Waals surface area contributed by atoms with Gasteiger partial charge in [0, 0.05) is 32.3 Å². The highest BCUT2D eigenvalue weighted by Crippen LogP contribution is 2.39. The highest BCUT2D eigenvalue weighted by atomic mass is 16.5. The Hall–Kier alpha value is -1.97. The maximum absolute atomic E-state index is 5.30. The Bertz CT molecular complexity index is 585. The van der Waals surface area contributed by atoms with E-state index >= 15 is 0 Å². The zero-order valence-corrected chi connectivity index (χ0v) is 11.6. The fraction of sp³-hybridized carbons (Fsp3) is 0.400. The first-order valence-electron chi connectivity index (χ1n) is 6.58. The number of imidazole rings is 1. The summed E-state index contributed by atoms with van der Waals surface area (Å²) in [6, 6.07) is 6.11. The molecular weight excluding hydrogens is 238 g/mol.